The van der Waals surface area contributed by atoms with Crippen LogP contribution in [0.1, 0.15) is 67.3 Å². The van der Waals surface area contributed by atoms with Crippen molar-refractivity contribution >= 4 is 47.7 Å². The van der Waals surface area contributed by atoms with Crippen molar-refractivity contribution in [3.05, 3.63) is 85.5 Å². The van der Waals surface area contributed by atoms with Crippen molar-refractivity contribution in [1.29, 1.82) is 0 Å². The summed E-state index contributed by atoms with van der Waals surface area (Å²) in [4.78, 5) is 58.6. The second-order valence-corrected chi connectivity index (χ2v) is 10.7. The van der Waals surface area contributed by atoms with E-state index in [-0.39, 0.29) is 43.4 Å². The van der Waals surface area contributed by atoms with Gasteiger partial charge in [-0.05, 0) is 99.1 Å². The lowest BCUT2D eigenvalue weighted by atomic mass is 10.00. The Kier molecular flexibility index (Phi) is 8.99. The highest BCUT2D eigenvalue weighted by molar-refractivity contribution is 6.31. The van der Waals surface area contributed by atoms with E-state index in [4.69, 9.17) is 0 Å². The first kappa shape index (κ1) is 31.0. The Balaban J connectivity index is 1.91. The molecular formula is C33H36N4O6. The summed E-state index contributed by atoms with van der Waals surface area (Å²) in [5.74, 6) is -2.59. The van der Waals surface area contributed by atoms with Crippen molar-refractivity contribution in [3.8, 4) is 0 Å². The van der Waals surface area contributed by atoms with Gasteiger partial charge in [0.05, 0.1) is 11.6 Å². The number of aliphatic imine (C=N–C) groups is 1. The SMILES string of the molecule is C=CC1=C(C)C(C=c2[nH]c(=Cc3[nH]c(/C=C4\NC(=O)C(C)C4=CC)c(C)c3CCC(=O)O)c(CCC(=O)O)c2C)=NC1=O. The molecule has 5 N–H and O–H groups in total. The smallest absolute Gasteiger partial charge is 0.303 e. The lowest BCUT2D eigenvalue weighted by Gasteiger charge is -2.03. The highest BCUT2D eigenvalue weighted by Gasteiger charge is 2.29. The lowest BCUT2D eigenvalue weighted by Crippen LogP contribution is -2.16. The largest absolute Gasteiger partial charge is 0.481 e. The van der Waals surface area contributed by atoms with Crippen molar-refractivity contribution in [2.45, 2.75) is 60.3 Å². The van der Waals surface area contributed by atoms with Crippen molar-refractivity contribution < 1.29 is 29.4 Å². The monoisotopic (exact) mass is 584 g/mol. The number of hydrogen-bond donors (Lipinski definition) is 5. The molecule has 2 aliphatic heterocycles. The molecule has 0 radical (unpaired) electrons. The fourth-order valence-electron chi connectivity index (χ4n) is 5.57. The van der Waals surface area contributed by atoms with Crippen LogP contribution in [0.2, 0.25) is 0 Å². The number of nitrogens with one attached hydrogen (secondary N) is 3. The number of carboxylic acid groups (broad SMARTS) is 2. The molecule has 10 nitrogen and oxygen atoms in total. The van der Waals surface area contributed by atoms with Crippen molar-refractivity contribution in [2.75, 3.05) is 0 Å². The topological polar surface area (TPSA) is 165 Å². The second kappa shape index (κ2) is 12.5. The zero-order chi connectivity index (χ0) is 31.6. The van der Waals surface area contributed by atoms with Crippen LogP contribution in [0, 0.1) is 19.8 Å². The minimum atomic E-state index is -0.934. The van der Waals surface area contributed by atoms with E-state index in [0.29, 0.717) is 38.9 Å². The Bertz CT molecular complexity index is 1810. The molecule has 4 heterocycles. The average molecular weight is 585 g/mol. The number of H-pyrrole nitrogens is 2. The van der Waals surface area contributed by atoms with E-state index in [1.807, 2.05) is 45.9 Å². The molecule has 0 spiro atoms. The molecular weight excluding hydrogens is 548 g/mol. The Morgan fingerprint density at radius 2 is 1.56 bits per heavy atom. The third-order valence-corrected chi connectivity index (χ3v) is 8.12. The van der Waals surface area contributed by atoms with Crippen LogP contribution in [-0.4, -0.2) is 49.6 Å². The maximum Gasteiger partial charge on any atom is 0.303 e. The van der Waals surface area contributed by atoms with Gasteiger partial charge in [0.25, 0.3) is 5.91 Å². The molecule has 0 aromatic carbocycles. The first-order valence-electron chi connectivity index (χ1n) is 14.1. The number of carbonyl (C=O) groups excluding carboxylic acids is 2. The maximum atomic E-state index is 12.3. The third kappa shape index (κ3) is 6.28. The van der Waals surface area contributed by atoms with Crippen LogP contribution in [-0.2, 0) is 32.0 Å². The highest BCUT2D eigenvalue weighted by Crippen LogP contribution is 2.29. The average Bonchev–Trinajstić information content (AvgIpc) is 3.59. The summed E-state index contributed by atoms with van der Waals surface area (Å²) in [5.41, 5.74) is 7.87. The van der Waals surface area contributed by atoms with E-state index in [0.717, 1.165) is 33.5 Å². The Morgan fingerprint density at radius 3 is 2.14 bits per heavy atom. The van der Waals surface area contributed by atoms with Gasteiger partial charge in [-0.1, -0.05) is 18.7 Å². The molecule has 0 bridgehead atoms. The van der Waals surface area contributed by atoms with Gasteiger partial charge in [0, 0.05) is 46.2 Å². The molecule has 10 heteroatoms. The van der Waals surface area contributed by atoms with Crippen LogP contribution in [0.3, 0.4) is 0 Å². The van der Waals surface area contributed by atoms with E-state index in [9.17, 15) is 29.4 Å². The zero-order valence-electron chi connectivity index (χ0n) is 25.0. The fraction of sp³-hybridized carbons (Fsp3) is 0.303. The Hall–Kier alpha value is -4.99. The van der Waals surface area contributed by atoms with Gasteiger partial charge < -0.3 is 25.5 Å². The predicted molar refractivity (Wildman–Crippen MR) is 165 cm³/mol. The Morgan fingerprint density at radius 1 is 0.907 bits per heavy atom. The lowest BCUT2D eigenvalue weighted by molar-refractivity contribution is -0.138. The van der Waals surface area contributed by atoms with Crippen molar-refractivity contribution in [1.82, 2.24) is 15.3 Å². The van der Waals surface area contributed by atoms with Gasteiger partial charge in [0.2, 0.25) is 5.91 Å². The summed E-state index contributed by atoms with van der Waals surface area (Å²) in [6.07, 6.45) is 9.23. The number of aromatic amines is 2. The number of aliphatic carboxylic acids is 2. The maximum absolute atomic E-state index is 12.3. The van der Waals surface area contributed by atoms with Gasteiger partial charge in [0.1, 0.15) is 0 Å². The molecule has 2 aromatic heterocycles. The molecule has 1 unspecified atom stereocenters. The van der Waals surface area contributed by atoms with E-state index < -0.39 is 11.9 Å². The summed E-state index contributed by atoms with van der Waals surface area (Å²) >= 11 is 0. The number of hydrogen-bond acceptors (Lipinski definition) is 4. The molecule has 2 aromatic rings. The number of amides is 2. The first-order chi connectivity index (χ1) is 20.4. The number of nitrogens with zero attached hydrogens (tertiary/aromatic N) is 1. The summed E-state index contributed by atoms with van der Waals surface area (Å²) in [6.45, 7) is 13.0. The van der Waals surface area contributed by atoms with Gasteiger partial charge in [-0.15, -0.1) is 0 Å². The summed E-state index contributed by atoms with van der Waals surface area (Å²) in [6, 6.07) is 0. The Labute approximate surface area is 249 Å². The molecule has 0 saturated carbocycles. The van der Waals surface area contributed by atoms with Crippen LogP contribution in [0.4, 0.5) is 0 Å². The second-order valence-electron chi connectivity index (χ2n) is 10.7. The van der Waals surface area contributed by atoms with Crippen LogP contribution in [0.5, 0.6) is 0 Å². The van der Waals surface area contributed by atoms with Gasteiger partial charge in [-0.25, -0.2) is 4.99 Å². The van der Waals surface area contributed by atoms with Gasteiger partial charge >= 0.3 is 11.9 Å². The molecule has 1 saturated heterocycles. The van der Waals surface area contributed by atoms with Gasteiger partial charge in [-0.2, -0.15) is 0 Å². The molecule has 43 heavy (non-hydrogen) atoms. The molecule has 0 aliphatic carbocycles. The van der Waals surface area contributed by atoms with E-state index in [1.54, 1.807) is 13.0 Å². The van der Waals surface area contributed by atoms with Crippen molar-refractivity contribution in [3.63, 3.8) is 0 Å². The highest BCUT2D eigenvalue weighted by atomic mass is 16.4. The molecule has 2 aliphatic rings. The first-order valence-corrected chi connectivity index (χ1v) is 14.1. The number of carboxylic acids is 2. The van der Waals surface area contributed by atoms with Gasteiger partial charge in [0.15, 0.2) is 0 Å². The third-order valence-electron chi connectivity index (χ3n) is 8.12. The minimum Gasteiger partial charge on any atom is -0.481 e. The number of rotatable bonds is 10. The van der Waals surface area contributed by atoms with Crippen LogP contribution < -0.4 is 16.0 Å². The van der Waals surface area contributed by atoms with E-state index in [1.165, 1.54) is 6.08 Å². The normalized spacial score (nSPS) is 19.7. The quantitative estimate of drug-likeness (QED) is 0.288. The van der Waals surface area contributed by atoms with Crippen LogP contribution in [0.15, 0.2) is 46.1 Å². The van der Waals surface area contributed by atoms with Gasteiger partial charge in [-0.3, -0.25) is 19.2 Å². The summed E-state index contributed by atoms with van der Waals surface area (Å²) in [7, 11) is 0. The van der Waals surface area contributed by atoms with Crippen molar-refractivity contribution in [2.24, 2.45) is 10.9 Å². The summed E-state index contributed by atoms with van der Waals surface area (Å²) < 4.78 is 0. The predicted octanol–water partition coefficient (Wildman–Crippen LogP) is 3.14. The van der Waals surface area contributed by atoms with Crippen LogP contribution >= 0.6 is 0 Å². The molecule has 224 valence electrons. The minimum absolute atomic E-state index is 0.0802. The van der Waals surface area contributed by atoms with Crippen LogP contribution in [0.25, 0.3) is 18.2 Å². The standard InChI is InChI=1S/C33H36N4O6/c1-7-20-19(6)32(42)37-27(20)14-25-18(5)23(10-12-31(40)41)29(35-25)15-28-22(9-11-30(38)39)17(4)24(34-28)13-26-16(3)21(8-2)33(43)36-26/h7-8,13-15,19,34-35H,2,9-12H2,1,3-6H3,(H,37,42)(H,38,39)(H,40,41)/b20-7?,24-13?,27-14-,28-15?. The molecule has 4 rings (SSSR count). The fourth-order valence-corrected chi connectivity index (χ4v) is 5.57. The number of allylic oxidation sites excluding steroid dienone is 3. The molecule has 2 amide bonds. The zero-order valence-corrected chi connectivity index (χ0v) is 25.0. The summed E-state index contributed by atoms with van der Waals surface area (Å²) in [5, 5.41) is 23.1. The van der Waals surface area contributed by atoms with E-state index in [2.05, 4.69) is 26.9 Å². The number of carbonyl (C=O) groups is 4. The molecule has 1 fully saturated rings. The van der Waals surface area contributed by atoms with E-state index >= 15 is 0 Å². The molecule has 1 atom stereocenters. The number of aromatic nitrogens is 2.